The van der Waals surface area contributed by atoms with E-state index in [-0.39, 0.29) is 16.9 Å². The van der Waals surface area contributed by atoms with Crippen LogP contribution in [0, 0.1) is 5.82 Å². The summed E-state index contributed by atoms with van der Waals surface area (Å²) in [7, 11) is 3.92. The maximum Gasteiger partial charge on any atom is 0.340 e. The Balaban J connectivity index is 2.30. The highest BCUT2D eigenvalue weighted by Crippen LogP contribution is 2.14. The summed E-state index contributed by atoms with van der Waals surface area (Å²) >= 11 is 0. The number of ether oxygens (including phenoxy) is 1. The number of halogens is 1. The first-order chi connectivity index (χ1) is 10.5. The molecule has 0 unspecified atom stereocenters. The Morgan fingerprint density at radius 1 is 1.32 bits per heavy atom. The number of aromatic nitrogens is 3. The first-order valence-corrected chi connectivity index (χ1v) is 6.10. The third-order valence-electron chi connectivity index (χ3n) is 2.86. The Hall–Kier alpha value is -2.81. The van der Waals surface area contributed by atoms with Crippen molar-refractivity contribution in [1.82, 2.24) is 20.1 Å². The Kier molecular flexibility index (Phi) is 4.47. The number of hydroxylamine groups is 2. The summed E-state index contributed by atoms with van der Waals surface area (Å²) in [5.41, 5.74) is 0.0832. The number of nitrogens with zero attached hydrogens (tertiary/aromatic N) is 4. The summed E-state index contributed by atoms with van der Waals surface area (Å²) in [5.74, 6) is -2.06. The zero-order chi connectivity index (χ0) is 16.3. The molecule has 0 spiro atoms. The molecule has 0 atom stereocenters. The van der Waals surface area contributed by atoms with Gasteiger partial charge in [-0.3, -0.25) is 9.63 Å². The van der Waals surface area contributed by atoms with Gasteiger partial charge in [-0.2, -0.15) is 9.90 Å². The smallest absolute Gasteiger partial charge is 0.340 e. The average Bonchev–Trinajstić information content (AvgIpc) is 3.02. The SMILES string of the molecule is COC(=O)c1ccc(-n2ncc(C(=O)N(C)OC)n2)cc1F. The highest BCUT2D eigenvalue weighted by atomic mass is 19.1. The second-order valence-electron chi connectivity index (χ2n) is 4.16. The number of esters is 1. The maximum atomic E-state index is 13.9. The fraction of sp³-hybridized carbons (Fsp3) is 0.231. The largest absolute Gasteiger partial charge is 0.465 e. The number of hydrogen-bond donors (Lipinski definition) is 0. The molecule has 116 valence electrons. The Morgan fingerprint density at radius 3 is 2.64 bits per heavy atom. The molecule has 1 aromatic heterocycles. The van der Waals surface area contributed by atoms with Crippen LogP contribution >= 0.6 is 0 Å². The summed E-state index contributed by atoms with van der Waals surface area (Å²) in [6, 6.07) is 3.76. The Morgan fingerprint density at radius 2 is 2.05 bits per heavy atom. The van der Waals surface area contributed by atoms with Gasteiger partial charge < -0.3 is 4.74 Å². The van der Waals surface area contributed by atoms with Crippen molar-refractivity contribution in [2.45, 2.75) is 0 Å². The fourth-order valence-electron chi connectivity index (χ4n) is 1.63. The number of carbonyl (C=O) groups is 2. The molecule has 0 bridgehead atoms. The van der Waals surface area contributed by atoms with Crippen molar-refractivity contribution in [3.05, 3.63) is 41.5 Å². The molecule has 0 saturated heterocycles. The summed E-state index contributed by atoms with van der Waals surface area (Å²) < 4.78 is 18.3. The van der Waals surface area contributed by atoms with Crippen molar-refractivity contribution in [1.29, 1.82) is 0 Å². The second kappa shape index (κ2) is 6.31. The lowest BCUT2D eigenvalue weighted by Crippen LogP contribution is -2.25. The van der Waals surface area contributed by atoms with Crippen LogP contribution in [-0.4, -0.2) is 53.2 Å². The Bertz CT molecular complexity index is 716. The van der Waals surface area contributed by atoms with E-state index in [9.17, 15) is 14.0 Å². The number of amides is 1. The van der Waals surface area contributed by atoms with Crippen LogP contribution in [0.3, 0.4) is 0 Å². The number of carbonyl (C=O) groups excluding carboxylic acids is 2. The molecular formula is C13H13FN4O4. The molecule has 0 radical (unpaired) electrons. The normalized spacial score (nSPS) is 10.4. The van der Waals surface area contributed by atoms with Crippen molar-refractivity contribution >= 4 is 11.9 Å². The summed E-state index contributed by atoms with van der Waals surface area (Å²) in [6.07, 6.45) is 1.23. The van der Waals surface area contributed by atoms with Gasteiger partial charge in [-0.25, -0.2) is 14.2 Å². The minimum Gasteiger partial charge on any atom is -0.465 e. The first kappa shape index (κ1) is 15.6. The summed E-state index contributed by atoms with van der Waals surface area (Å²) in [6.45, 7) is 0. The third kappa shape index (κ3) is 2.93. The highest BCUT2D eigenvalue weighted by molar-refractivity contribution is 5.91. The van der Waals surface area contributed by atoms with Gasteiger partial charge in [0.25, 0.3) is 5.91 Å². The summed E-state index contributed by atoms with van der Waals surface area (Å²) in [5, 5.41) is 8.80. The molecule has 1 heterocycles. The Labute approximate surface area is 125 Å². The van der Waals surface area contributed by atoms with Crippen LogP contribution in [0.25, 0.3) is 5.69 Å². The molecule has 0 N–H and O–H groups in total. The van der Waals surface area contributed by atoms with Crippen LogP contribution in [0.15, 0.2) is 24.4 Å². The van der Waals surface area contributed by atoms with E-state index >= 15 is 0 Å². The topological polar surface area (TPSA) is 86.6 Å². The lowest BCUT2D eigenvalue weighted by Gasteiger charge is -2.10. The van der Waals surface area contributed by atoms with E-state index in [0.29, 0.717) is 0 Å². The molecule has 0 saturated carbocycles. The van der Waals surface area contributed by atoms with Crippen LogP contribution in [0.5, 0.6) is 0 Å². The quantitative estimate of drug-likeness (QED) is 0.614. The monoisotopic (exact) mass is 308 g/mol. The molecule has 1 amide bonds. The molecule has 8 nitrogen and oxygen atoms in total. The molecule has 1 aromatic carbocycles. The first-order valence-electron chi connectivity index (χ1n) is 6.10. The molecule has 2 rings (SSSR count). The van der Waals surface area contributed by atoms with Gasteiger partial charge in [0.1, 0.15) is 5.82 Å². The highest BCUT2D eigenvalue weighted by Gasteiger charge is 2.17. The molecule has 9 heteroatoms. The van der Waals surface area contributed by atoms with Crippen molar-refractivity contribution in [3.63, 3.8) is 0 Å². The lowest BCUT2D eigenvalue weighted by molar-refractivity contribution is -0.0760. The molecule has 0 aliphatic rings. The zero-order valence-electron chi connectivity index (χ0n) is 12.1. The minimum atomic E-state index is -0.782. The van der Waals surface area contributed by atoms with Gasteiger partial charge in [-0.1, -0.05) is 0 Å². The van der Waals surface area contributed by atoms with Crippen LogP contribution in [0.2, 0.25) is 0 Å². The molecule has 0 aliphatic heterocycles. The van der Waals surface area contributed by atoms with Crippen LogP contribution in [0.1, 0.15) is 20.8 Å². The second-order valence-corrected chi connectivity index (χ2v) is 4.16. The van der Waals surface area contributed by atoms with E-state index in [2.05, 4.69) is 14.9 Å². The van der Waals surface area contributed by atoms with Gasteiger partial charge in [-0.15, -0.1) is 5.10 Å². The van der Waals surface area contributed by atoms with E-state index in [1.165, 1.54) is 32.5 Å². The van der Waals surface area contributed by atoms with Crippen molar-refractivity contribution in [2.24, 2.45) is 0 Å². The van der Waals surface area contributed by atoms with Crippen LogP contribution in [-0.2, 0) is 9.57 Å². The van der Waals surface area contributed by atoms with Gasteiger partial charge in [0.15, 0.2) is 5.69 Å². The molecule has 2 aromatic rings. The van der Waals surface area contributed by atoms with Gasteiger partial charge in [-0.05, 0) is 12.1 Å². The number of hydrogen-bond acceptors (Lipinski definition) is 6. The molecule has 0 aliphatic carbocycles. The van der Waals surface area contributed by atoms with E-state index < -0.39 is 17.7 Å². The van der Waals surface area contributed by atoms with E-state index in [0.717, 1.165) is 23.0 Å². The van der Waals surface area contributed by atoms with E-state index in [1.807, 2.05) is 0 Å². The van der Waals surface area contributed by atoms with E-state index in [4.69, 9.17) is 4.84 Å². The molecular weight excluding hydrogens is 295 g/mol. The van der Waals surface area contributed by atoms with Crippen molar-refractivity contribution < 1.29 is 23.6 Å². The third-order valence-corrected chi connectivity index (χ3v) is 2.86. The fourth-order valence-corrected chi connectivity index (χ4v) is 1.63. The van der Waals surface area contributed by atoms with Gasteiger partial charge in [0, 0.05) is 13.1 Å². The van der Waals surface area contributed by atoms with Crippen LogP contribution < -0.4 is 0 Å². The predicted octanol–water partition coefficient (Wildman–Crippen LogP) is 0.826. The zero-order valence-corrected chi connectivity index (χ0v) is 12.1. The molecule has 22 heavy (non-hydrogen) atoms. The maximum absolute atomic E-state index is 13.9. The minimum absolute atomic E-state index is 0.0294. The number of methoxy groups -OCH3 is 1. The van der Waals surface area contributed by atoms with Gasteiger partial charge in [0.05, 0.1) is 31.7 Å². The summed E-state index contributed by atoms with van der Waals surface area (Å²) in [4.78, 5) is 29.0. The van der Waals surface area contributed by atoms with E-state index in [1.54, 1.807) is 0 Å². The van der Waals surface area contributed by atoms with Crippen molar-refractivity contribution in [2.75, 3.05) is 21.3 Å². The lowest BCUT2D eigenvalue weighted by atomic mass is 10.2. The van der Waals surface area contributed by atoms with Crippen LogP contribution in [0.4, 0.5) is 4.39 Å². The van der Waals surface area contributed by atoms with Crippen molar-refractivity contribution in [3.8, 4) is 5.69 Å². The molecule has 0 fully saturated rings. The predicted molar refractivity (Wildman–Crippen MR) is 71.8 cm³/mol. The number of rotatable bonds is 4. The average molecular weight is 308 g/mol. The standard InChI is InChI=1S/C13H13FN4O4/c1-17(22-3)12(19)11-7-15-18(16-11)8-4-5-9(10(14)6-8)13(20)21-2/h4-7H,1-3H3. The number of benzene rings is 1. The van der Waals surface area contributed by atoms with Gasteiger partial charge in [0.2, 0.25) is 0 Å². The van der Waals surface area contributed by atoms with Gasteiger partial charge >= 0.3 is 5.97 Å².